The third kappa shape index (κ3) is 4.24. The summed E-state index contributed by atoms with van der Waals surface area (Å²) in [5, 5.41) is 3.49. The van der Waals surface area contributed by atoms with Gasteiger partial charge in [-0.3, -0.25) is 19.3 Å². The topological polar surface area (TPSA) is 69.7 Å². The lowest BCUT2D eigenvalue weighted by atomic mass is 9.85. The number of rotatable bonds is 5. The number of anilines is 1. The number of benzene rings is 1. The summed E-state index contributed by atoms with van der Waals surface area (Å²) < 4.78 is 0. The quantitative estimate of drug-likeness (QED) is 0.576. The van der Waals surface area contributed by atoms with Crippen molar-refractivity contribution in [2.45, 2.75) is 39.2 Å². The number of carbonyl (C=O) groups excluding carboxylic acids is 3. The van der Waals surface area contributed by atoms with E-state index in [1.54, 1.807) is 0 Å². The minimum absolute atomic E-state index is 0.220. The van der Waals surface area contributed by atoms with E-state index in [1.807, 2.05) is 30.4 Å². The molecule has 3 amide bonds. The number of piperidine rings is 1. The van der Waals surface area contributed by atoms with Crippen LogP contribution in [0.2, 0.25) is 5.02 Å². The number of hydrogen-bond acceptors (Lipinski definition) is 4. The molecule has 0 aromatic heterocycles. The van der Waals surface area contributed by atoms with E-state index in [-0.39, 0.29) is 36.1 Å². The standard InChI is InChI=1S/C23H28ClN3O3/c1-15-5-4-10-26(13-15)20-9-8-16(11-19(20)24)12-25-21(28)14-27-22(29)17-6-2-3-7-18(17)23(27)30/h2-3,8-9,11,15,17-18H,4-7,10,12-14H2,1H3,(H,25,28)/t15-,17-,18+/m0/s1. The molecule has 2 heterocycles. The molecule has 160 valence electrons. The molecule has 4 rings (SSSR count). The number of likely N-dealkylation sites (tertiary alicyclic amines) is 1. The second-order valence-electron chi connectivity index (χ2n) is 8.67. The number of hydrogen-bond donors (Lipinski definition) is 1. The molecule has 1 aromatic carbocycles. The Balaban J connectivity index is 1.32. The molecule has 3 atom stereocenters. The van der Waals surface area contributed by atoms with Crippen LogP contribution in [0.5, 0.6) is 0 Å². The number of halogens is 1. The van der Waals surface area contributed by atoms with Crippen LogP contribution in [0.3, 0.4) is 0 Å². The Bertz CT molecular complexity index is 858. The van der Waals surface area contributed by atoms with Crippen molar-refractivity contribution in [3.63, 3.8) is 0 Å². The van der Waals surface area contributed by atoms with Crippen molar-refractivity contribution >= 4 is 35.0 Å². The fraction of sp³-hybridized carbons (Fsp3) is 0.522. The first kappa shape index (κ1) is 20.9. The molecule has 0 radical (unpaired) electrons. The van der Waals surface area contributed by atoms with Crippen LogP contribution in [0, 0.1) is 17.8 Å². The van der Waals surface area contributed by atoms with Crippen LogP contribution in [0.25, 0.3) is 0 Å². The summed E-state index contributed by atoms with van der Waals surface area (Å²) in [7, 11) is 0. The molecule has 1 aromatic rings. The second-order valence-corrected chi connectivity index (χ2v) is 9.08. The maximum absolute atomic E-state index is 12.5. The Morgan fingerprint density at radius 3 is 2.50 bits per heavy atom. The number of amides is 3. The average molecular weight is 430 g/mol. The van der Waals surface area contributed by atoms with Crippen molar-refractivity contribution in [2.24, 2.45) is 17.8 Å². The van der Waals surface area contributed by atoms with Crippen molar-refractivity contribution in [1.29, 1.82) is 0 Å². The van der Waals surface area contributed by atoms with Gasteiger partial charge < -0.3 is 10.2 Å². The smallest absolute Gasteiger partial charge is 0.240 e. The zero-order valence-corrected chi connectivity index (χ0v) is 18.0. The molecule has 3 aliphatic rings. The van der Waals surface area contributed by atoms with Gasteiger partial charge in [0.25, 0.3) is 0 Å². The van der Waals surface area contributed by atoms with Gasteiger partial charge in [0.15, 0.2) is 0 Å². The molecular formula is C23H28ClN3O3. The number of fused-ring (bicyclic) bond motifs is 1. The Morgan fingerprint density at radius 1 is 1.17 bits per heavy atom. The van der Waals surface area contributed by atoms with E-state index in [2.05, 4.69) is 17.1 Å². The molecule has 0 bridgehead atoms. The van der Waals surface area contributed by atoms with Gasteiger partial charge in [0.2, 0.25) is 17.7 Å². The van der Waals surface area contributed by atoms with Crippen LogP contribution in [0.1, 0.15) is 38.2 Å². The largest absolute Gasteiger partial charge is 0.370 e. The summed E-state index contributed by atoms with van der Waals surface area (Å²) in [5.74, 6) is -0.753. The Hall–Kier alpha value is -2.34. The molecule has 30 heavy (non-hydrogen) atoms. The first-order valence-electron chi connectivity index (χ1n) is 10.7. The van der Waals surface area contributed by atoms with E-state index in [0.29, 0.717) is 30.3 Å². The zero-order chi connectivity index (χ0) is 21.3. The summed E-state index contributed by atoms with van der Waals surface area (Å²) in [6, 6.07) is 5.85. The first-order chi connectivity index (χ1) is 14.4. The maximum atomic E-state index is 12.5. The average Bonchev–Trinajstić information content (AvgIpc) is 2.97. The molecule has 6 nitrogen and oxygen atoms in total. The molecule has 0 spiro atoms. The van der Waals surface area contributed by atoms with E-state index in [1.165, 1.54) is 12.8 Å². The van der Waals surface area contributed by atoms with Gasteiger partial charge in [-0.1, -0.05) is 36.7 Å². The summed E-state index contributed by atoms with van der Waals surface area (Å²) in [4.78, 5) is 40.8. The Morgan fingerprint density at radius 2 is 1.87 bits per heavy atom. The number of carbonyl (C=O) groups is 3. The summed E-state index contributed by atoms with van der Waals surface area (Å²) in [6.45, 7) is 4.36. The molecular weight excluding hydrogens is 402 g/mol. The lowest BCUT2D eigenvalue weighted by molar-refractivity contribution is -0.143. The van der Waals surface area contributed by atoms with Gasteiger partial charge in [0, 0.05) is 19.6 Å². The predicted octanol–water partition coefficient (Wildman–Crippen LogP) is 3.14. The van der Waals surface area contributed by atoms with Crippen LogP contribution in [0.4, 0.5) is 5.69 Å². The Labute approximate surface area is 182 Å². The van der Waals surface area contributed by atoms with Gasteiger partial charge in [-0.2, -0.15) is 0 Å². The highest BCUT2D eigenvalue weighted by atomic mass is 35.5. The fourth-order valence-corrected chi connectivity index (χ4v) is 5.07. The molecule has 1 N–H and O–H groups in total. The number of nitrogens with one attached hydrogen (secondary N) is 1. The number of nitrogens with zero attached hydrogens (tertiary/aromatic N) is 2. The number of allylic oxidation sites excluding steroid dienone is 2. The van der Waals surface area contributed by atoms with Crippen molar-refractivity contribution in [3.05, 3.63) is 40.9 Å². The lowest BCUT2D eigenvalue weighted by Crippen LogP contribution is -2.40. The third-order valence-corrected chi connectivity index (χ3v) is 6.70. The lowest BCUT2D eigenvalue weighted by Gasteiger charge is -2.33. The van der Waals surface area contributed by atoms with E-state index in [4.69, 9.17) is 11.6 Å². The van der Waals surface area contributed by atoms with Crippen LogP contribution in [-0.4, -0.2) is 42.3 Å². The van der Waals surface area contributed by atoms with Gasteiger partial charge in [0.1, 0.15) is 6.54 Å². The highest BCUT2D eigenvalue weighted by Gasteiger charge is 2.47. The predicted molar refractivity (Wildman–Crippen MR) is 116 cm³/mol. The highest BCUT2D eigenvalue weighted by Crippen LogP contribution is 2.35. The summed E-state index contributed by atoms with van der Waals surface area (Å²) in [5.41, 5.74) is 1.92. The molecule has 0 saturated carbocycles. The van der Waals surface area contributed by atoms with Gasteiger partial charge >= 0.3 is 0 Å². The van der Waals surface area contributed by atoms with E-state index in [9.17, 15) is 14.4 Å². The van der Waals surface area contributed by atoms with Crippen molar-refractivity contribution in [1.82, 2.24) is 10.2 Å². The maximum Gasteiger partial charge on any atom is 0.240 e. The SMILES string of the molecule is C[C@H]1CCCN(c2ccc(CNC(=O)CN3C(=O)[C@H]4CC=CC[C@H]4C3=O)cc2Cl)C1. The molecule has 7 heteroatoms. The van der Waals surface area contributed by atoms with Crippen LogP contribution < -0.4 is 10.2 Å². The minimum atomic E-state index is -0.339. The van der Waals surface area contributed by atoms with Gasteiger partial charge in [-0.25, -0.2) is 0 Å². The molecule has 1 aliphatic carbocycles. The van der Waals surface area contributed by atoms with Gasteiger partial charge in [0.05, 0.1) is 22.5 Å². The summed E-state index contributed by atoms with van der Waals surface area (Å²) >= 11 is 6.51. The normalized spacial score (nSPS) is 26.1. The highest BCUT2D eigenvalue weighted by molar-refractivity contribution is 6.33. The fourth-order valence-electron chi connectivity index (χ4n) is 4.75. The second kappa shape index (κ2) is 8.80. The summed E-state index contributed by atoms with van der Waals surface area (Å²) in [6.07, 6.45) is 7.45. The molecule has 0 unspecified atom stereocenters. The Kier molecular flexibility index (Phi) is 6.14. The van der Waals surface area contributed by atoms with Crippen LogP contribution in [-0.2, 0) is 20.9 Å². The van der Waals surface area contributed by atoms with Gasteiger partial charge in [-0.15, -0.1) is 0 Å². The van der Waals surface area contributed by atoms with Crippen molar-refractivity contribution in [3.8, 4) is 0 Å². The van der Waals surface area contributed by atoms with Crippen LogP contribution in [0.15, 0.2) is 30.4 Å². The van der Waals surface area contributed by atoms with E-state index in [0.717, 1.165) is 29.2 Å². The van der Waals surface area contributed by atoms with Crippen molar-refractivity contribution < 1.29 is 14.4 Å². The van der Waals surface area contributed by atoms with Crippen molar-refractivity contribution in [2.75, 3.05) is 24.5 Å². The number of imide groups is 1. The zero-order valence-electron chi connectivity index (χ0n) is 17.3. The first-order valence-corrected chi connectivity index (χ1v) is 11.1. The van der Waals surface area contributed by atoms with E-state index >= 15 is 0 Å². The molecule has 2 fully saturated rings. The monoisotopic (exact) mass is 429 g/mol. The molecule has 2 saturated heterocycles. The van der Waals surface area contributed by atoms with Crippen LogP contribution >= 0.6 is 11.6 Å². The molecule has 2 aliphatic heterocycles. The van der Waals surface area contributed by atoms with Gasteiger partial charge in [-0.05, 0) is 49.3 Å². The third-order valence-electron chi connectivity index (χ3n) is 6.40. The van der Waals surface area contributed by atoms with E-state index < -0.39 is 0 Å². The minimum Gasteiger partial charge on any atom is -0.370 e.